The molecule has 0 aliphatic carbocycles. The molecule has 0 atom stereocenters. The third-order valence-electron chi connectivity index (χ3n) is 5.00. The van der Waals surface area contributed by atoms with E-state index >= 15 is 0 Å². The Bertz CT molecular complexity index is 924. The number of para-hydroxylation sites is 2. The average Bonchev–Trinajstić information content (AvgIpc) is 2.78. The molecule has 0 radical (unpaired) electrons. The van der Waals surface area contributed by atoms with Gasteiger partial charge in [-0.15, -0.1) is 0 Å². The maximum Gasteiger partial charge on any atom is 0.272 e. The van der Waals surface area contributed by atoms with Gasteiger partial charge < -0.3 is 14.4 Å². The first-order valence-corrected chi connectivity index (χ1v) is 9.18. The van der Waals surface area contributed by atoms with Gasteiger partial charge in [-0.3, -0.25) is 4.79 Å². The standard InChI is InChI=1S/C20H20BrN3O/c1-22-11-12-24(13-14-7-3-5-9-16(14)22)20(25)19-18(21)15-8-4-6-10-17(15)23(19)2/h3-10H,11-13H2,1-2H3. The van der Waals surface area contributed by atoms with Crippen LogP contribution in [0, 0.1) is 0 Å². The number of fused-ring (bicyclic) bond motifs is 2. The van der Waals surface area contributed by atoms with Crippen LogP contribution in [0.15, 0.2) is 53.0 Å². The molecule has 4 rings (SSSR count). The molecule has 0 bridgehead atoms. The average molecular weight is 398 g/mol. The Morgan fingerprint density at radius 2 is 1.72 bits per heavy atom. The molecule has 1 aromatic heterocycles. The lowest BCUT2D eigenvalue weighted by Gasteiger charge is -2.21. The van der Waals surface area contributed by atoms with E-state index in [1.165, 1.54) is 11.3 Å². The number of aromatic nitrogens is 1. The van der Waals surface area contributed by atoms with Gasteiger partial charge in [0, 0.05) is 50.3 Å². The number of aryl methyl sites for hydroxylation is 1. The highest BCUT2D eigenvalue weighted by Crippen LogP contribution is 2.32. The molecule has 1 aliphatic rings. The van der Waals surface area contributed by atoms with Crippen molar-refractivity contribution in [3.63, 3.8) is 0 Å². The van der Waals surface area contributed by atoms with Crippen LogP contribution >= 0.6 is 15.9 Å². The lowest BCUT2D eigenvalue weighted by Crippen LogP contribution is -2.35. The van der Waals surface area contributed by atoms with Gasteiger partial charge in [-0.05, 0) is 33.6 Å². The number of hydrogen-bond donors (Lipinski definition) is 0. The Labute approximate surface area is 155 Å². The molecule has 0 spiro atoms. The fourth-order valence-corrected chi connectivity index (χ4v) is 4.37. The smallest absolute Gasteiger partial charge is 0.272 e. The summed E-state index contributed by atoms with van der Waals surface area (Å²) in [6.45, 7) is 2.16. The predicted molar refractivity (Wildman–Crippen MR) is 105 cm³/mol. The van der Waals surface area contributed by atoms with E-state index in [2.05, 4.69) is 40.0 Å². The summed E-state index contributed by atoms with van der Waals surface area (Å²) in [5.74, 6) is 0.0654. The van der Waals surface area contributed by atoms with Gasteiger partial charge in [-0.25, -0.2) is 0 Å². The van der Waals surface area contributed by atoms with Gasteiger partial charge in [0.15, 0.2) is 0 Å². The van der Waals surface area contributed by atoms with Crippen LogP contribution in [0.3, 0.4) is 0 Å². The molecule has 128 valence electrons. The molecule has 0 saturated heterocycles. The van der Waals surface area contributed by atoms with Gasteiger partial charge in [-0.2, -0.15) is 0 Å². The molecule has 5 heteroatoms. The number of hydrogen-bond acceptors (Lipinski definition) is 2. The maximum absolute atomic E-state index is 13.3. The molecule has 0 N–H and O–H groups in total. The summed E-state index contributed by atoms with van der Waals surface area (Å²) in [5, 5.41) is 1.07. The van der Waals surface area contributed by atoms with E-state index in [0.29, 0.717) is 18.8 Å². The van der Waals surface area contributed by atoms with Gasteiger partial charge in [-0.1, -0.05) is 36.4 Å². The highest BCUT2D eigenvalue weighted by molar-refractivity contribution is 9.10. The largest absolute Gasteiger partial charge is 0.373 e. The third kappa shape index (κ3) is 2.63. The van der Waals surface area contributed by atoms with Crippen LogP contribution in [0.5, 0.6) is 0 Å². The Morgan fingerprint density at radius 1 is 1.00 bits per heavy atom. The molecule has 25 heavy (non-hydrogen) atoms. The fraction of sp³-hybridized carbons (Fsp3) is 0.250. The number of carbonyl (C=O) groups excluding carboxylic acids is 1. The van der Waals surface area contributed by atoms with E-state index in [1.807, 2.05) is 52.9 Å². The van der Waals surface area contributed by atoms with E-state index in [4.69, 9.17) is 0 Å². The van der Waals surface area contributed by atoms with E-state index in [-0.39, 0.29) is 5.91 Å². The molecule has 1 amide bonds. The summed E-state index contributed by atoms with van der Waals surface area (Å²) in [6, 6.07) is 16.4. The number of benzene rings is 2. The van der Waals surface area contributed by atoms with Crippen LogP contribution < -0.4 is 4.90 Å². The number of anilines is 1. The van der Waals surface area contributed by atoms with Crippen molar-refractivity contribution in [2.75, 3.05) is 25.0 Å². The first-order chi connectivity index (χ1) is 12.1. The summed E-state index contributed by atoms with van der Waals surface area (Å²) >= 11 is 3.65. The first kappa shape index (κ1) is 16.2. The second-order valence-electron chi connectivity index (χ2n) is 6.52. The summed E-state index contributed by atoms with van der Waals surface area (Å²) in [4.78, 5) is 17.5. The second kappa shape index (κ2) is 6.23. The molecular weight excluding hydrogens is 378 g/mol. The zero-order valence-electron chi connectivity index (χ0n) is 14.4. The Balaban J connectivity index is 1.75. The molecular formula is C20H20BrN3O. The summed E-state index contributed by atoms with van der Waals surface area (Å²) in [6.07, 6.45) is 0. The van der Waals surface area contributed by atoms with Crippen molar-refractivity contribution >= 4 is 38.4 Å². The number of nitrogens with zero attached hydrogens (tertiary/aromatic N) is 3. The fourth-order valence-electron chi connectivity index (χ4n) is 3.60. The summed E-state index contributed by atoms with van der Waals surface area (Å²) in [7, 11) is 4.04. The van der Waals surface area contributed by atoms with Crippen molar-refractivity contribution in [2.24, 2.45) is 7.05 Å². The SMILES string of the molecule is CN1CCN(C(=O)c2c(Br)c3ccccc3n2C)Cc2ccccc21. The van der Waals surface area contributed by atoms with Crippen molar-refractivity contribution in [3.8, 4) is 0 Å². The Hall–Kier alpha value is -2.27. The van der Waals surface area contributed by atoms with Gasteiger partial charge in [0.05, 0.1) is 4.47 Å². The van der Waals surface area contributed by atoms with E-state index in [0.717, 1.165) is 21.9 Å². The Morgan fingerprint density at radius 3 is 2.52 bits per heavy atom. The van der Waals surface area contributed by atoms with Crippen LogP contribution in [0.4, 0.5) is 5.69 Å². The predicted octanol–water partition coefficient (Wildman–Crippen LogP) is 4.03. The van der Waals surface area contributed by atoms with E-state index in [1.54, 1.807) is 0 Å². The molecule has 1 aliphatic heterocycles. The minimum atomic E-state index is 0.0654. The number of amides is 1. The Kier molecular flexibility index (Phi) is 4.04. The molecule has 0 fully saturated rings. The lowest BCUT2D eigenvalue weighted by atomic mass is 10.1. The van der Waals surface area contributed by atoms with Crippen LogP contribution in [-0.4, -0.2) is 35.5 Å². The normalized spacial score (nSPS) is 14.5. The first-order valence-electron chi connectivity index (χ1n) is 8.39. The lowest BCUT2D eigenvalue weighted by molar-refractivity contribution is 0.0741. The van der Waals surface area contributed by atoms with Gasteiger partial charge >= 0.3 is 0 Å². The molecule has 3 aromatic rings. The van der Waals surface area contributed by atoms with Crippen molar-refractivity contribution in [2.45, 2.75) is 6.54 Å². The summed E-state index contributed by atoms with van der Waals surface area (Å²) < 4.78 is 2.86. The number of halogens is 1. The maximum atomic E-state index is 13.3. The monoisotopic (exact) mass is 397 g/mol. The highest BCUT2D eigenvalue weighted by atomic mass is 79.9. The minimum Gasteiger partial charge on any atom is -0.373 e. The van der Waals surface area contributed by atoms with Gasteiger partial charge in [0.2, 0.25) is 0 Å². The van der Waals surface area contributed by atoms with Crippen LogP contribution in [0.1, 0.15) is 16.1 Å². The van der Waals surface area contributed by atoms with E-state index < -0.39 is 0 Å². The van der Waals surface area contributed by atoms with Crippen molar-refractivity contribution in [3.05, 3.63) is 64.3 Å². The molecule has 2 aromatic carbocycles. The molecule has 2 heterocycles. The van der Waals surface area contributed by atoms with Crippen molar-refractivity contribution < 1.29 is 4.79 Å². The molecule has 4 nitrogen and oxygen atoms in total. The minimum absolute atomic E-state index is 0.0654. The van der Waals surface area contributed by atoms with Gasteiger partial charge in [0.25, 0.3) is 5.91 Å². The molecule has 0 saturated carbocycles. The third-order valence-corrected chi connectivity index (χ3v) is 5.81. The molecule has 0 unspecified atom stereocenters. The number of rotatable bonds is 1. The van der Waals surface area contributed by atoms with Crippen LogP contribution in [0.25, 0.3) is 10.9 Å². The second-order valence-corrected chi connectivity index (χ2v) is 7.31. The van der Waals surface area contributed by atoms with Gasteiger partial charge in [0.1, 0.15) is 5.69 Å². The zero-order valence-corrected chi connectivity index (χ0v) is 16.0. The summed E-state index contributed by atoms with van der Waals surface area (Å²) in [5.41, 5.74) is 4.16. The van der Waals surface area contributed by atoms with E-state index in [9.17, 15) is 4.79 Å². The zero-order chi connectivity index (χ0) is 17.6. The van der Waals surface area contributed by atoms with Crippen LogP contribution in [0.2, 0.25) is 0 Å². The van der Waals surface area contributed by atoms with Crippen LogP contribution in [-0.2, 0) is 13.6 Å². The highest BCUT2D eigenvalue weighted by Gasteiger charge is 2.27. The van der Waals surface area contributed by atoms with Crippen molar-refractivity contribution in [1.29, 1.82) is 0 Å². The van der Waals surface area contributed by atoms with Crippen molar-refractivity contribution in [1.82, 2.24) is 9.47 Å². The topological polar surface area (TPSA) is 28.5 Å². The number of carbonyl (C=O) groups is 1. The number of likely N-dealkylation sites (N-methyl/N-ethyl adjacent to an activating group) is 1. The quantitative estimate of drug-likeness (QED) is 0.619.